The van der Waals surface area contributed by atoms with Crippen LogP contribution in [0.15, 0.2) is 66.7 Å². The summed E-state index contributed by atoms with van der Waals surface area (Å²) in [6.07, 6.45) is 3.09. The summed E-state index contributed by atoms with van der Waals surface area (Å²) in [5, 5.41) is 0. The number of carbonyl (C=O) groups is 2. The Morgan fingerprint density at radius 2 is 1.69 bits per heavy atom. The number of fused-ring (bicyclic) bond motifs is 1. The minimum Gasteiger partial charge on any atom is -0.486 e. The summed E-state index contributed by atoms with van der Waals surface area (Å²) in [5.74, 6) is 0.254. The van der Waals surface area contributed by atoms with Crippen LogP contribution >= 0.6 is 11.3 Å². The number of hydrogen-bond acceptors (Lipinski definition) is 5. The first kappa shape index (κ1) is 18.8. The van der Waals surface area contributed by atoms with E-state index in [9.17, 15) is 9.59 Å². The molecule has 0 saturated carbocycles. The van der Waals surface area contributed by atoms with Gasteiger partial charge in [0, 0.05) is 21.4 Å². The van der Waals surface area contributed by atoms with Gasteiger partial charge in [-0.25, -0.2) is 0 Å². The third-order valence-corrected chi connectivity index (χ3v) is 5.29. The van der Waals surface area contributed by atoms with Crippen LogP contribution < -0.4 is 20.3 Å². The molecule has 146 valence electrons. The van der Waals surface area contributed by atoms with E-state index in [0.29, 0.717) is 30.3 Å². The van der Waals surface area contributed by atoms with E-state index < -0.39 is 11.8 Å². The van der Waals surface area contributed by atoms with Crippen LogP contribution in [0.2, 0.25) is 0 Å². The molecule has 6 nitrogen and oxygen atoms in total. The molecule has 2 amide bonds. The van der Waals surface area contributed by atoms with Crippen LogP contribution in [0.25, 0.3) is 16.5 Å². The fraction of sp³-hybridized carbons (Fsp3) is 0.0909. The summed E-state index contributed by atoms with van der Waals surface area (Å²) in [6.45, 7) is 0.923. The van der Waals surface area contributed by atoms with Crippen molar-refractivity contribution in [1.29, 1.82) is 0 Å². The Morgan fingerprint density at radius 1 is 0.897 bits per heavy atom. The Hall–Kier alpha value is -3.58. The van der Waals surface area contributed by atoms with Crippen molar-refractivity contribution in [3.63, 3.8) is 0 Å². The molecule has 2 heterocycles. The minimum atomic E-state index is -0.439. The predicted molar refractivity (Wildman–Crippen MR) is 112 cm³/mol. The van der Waals surface area contributed by atoms with E-state index in [2.05, 4.69) is 10.9 Å². The zero-order valence-electron chi connectivity index (χ0n) is 15.4. The van der Waals surface area contributed by atoms with Gasteiger partial charge >= 0.3 is 0 Å². The quantitative estimate of drug-likeness (QED) is 0.512. The summed E-state index contributed by atoms with van der Waals surface area (Å²) >= 11 is 1.58. The number of nitrogens with one attached hydrogen (secondary N) is 2. The lowest BCUT2D eigenvalue weighted by molar-refractivity contribution is -0.117. The standard InChI is InChI=1S/C22H18N2O4S/c25-21(11-8-17-7-10-20(29-17)15-4-2-1-3-5-15)23-24-22(26)16-6-9-18-19(14-16)28-13-12-27-18/h1-11,14H,12-13H2,(H,23,25)(H,24,26)/b11-8+. The van der Waals surface area contributed by atoms with E-state index in [0.717, 1.165) is 15.3 Å². The van der Waals surface area contributed by atoms with Crippen molar-refractivity contribution in [1.82, 2.24) is 10.9 Å². The first-order valence-corrected chi connectivity index (χ1v) is 9.84. The maximum Gasteiger partial charge on any atom is 0.269 e. The van der Waals surface area contributed by atoms with Gasteiger partial charge in [0.2, 0.25) is 0 Å². The summed E-state index contributed by atoms with van der Waals surface area (Å²) in [7, 11) is 0. The monoisotopic (exact) mass is 406 g/mol. The molecule has 0 saturated heterocycles. The molecular weight excluding hydrogens is 388 g/mol. The van der Waals surface area contributed by atoms with Crippen molar-refractivity contribution in [3.8, 4) is 21.9 Å². The first-order valence-electron chi connectivity index (χ1n) is 9.02. The zero-order valence-corrected chi connectivity index (χ0v) is 16.2. The first-order chi connectivity index (χ1) is 14.2. The second-order valence-corrected chi connectivity index (χ2v) is 7.32. The lowest BCUT2D eigenvalue weighted by Crippen LogP contribution is -2.40. The van der Waals surface area contributed by atoms with Gasteiger partial charge < -0.3 is 9.47 Å². The van der Waals surface area contributed by atoms with Crippen LogP contribution in [0, 0.1) is 0 Å². The van der Waals surface area contributed by atoms with Crippen molar-refractivity contribution >= 4 is 29.2 Å². The average Bonchev–Trinajstić information content (AvgIpc) is 3.25. The normalized spacial score (nSPS) is 12.6. The van der Waals surface area contributed by atoms with Crippen LogP contribution in [0.1, 0.15) is 15.2 Å². The highest BCUT2D eigenvalue weighted by Crippen LogP contribution is 2.30. The Balaban J connectivity index is 1.32. The van der Waals surface area contributed by atoms with Crippen molar-refractivity contribution in [3.05, 3.63) is 77.2 Å². The van der Waals surface area contributed by atoms with E-state index in [1.54, 1.807) is 35.6 Å². The fourth-order valence-corrected chi connectivity index (χ4v) is 3.69. The number of hydrazine groups is 1. The third-order valence-electron chi connectivity index (χ3n) is 4.19. The molecule has 1 aliphatic heterocycles. The SMILES string of the molecule is O=C(/C=C/c1ccc(-c2ccccc2)s1)NNC(=O)c1ccc2c(c1)OCCO2. The molecule has 7 heteroatoms. The highest BCUT2D eigenvalue weighted by Gasteiger charge is 2.15. The van der Waals surface area contributed by atoms with Crippen molar-refractivity contribution < 1.29 is 19.1 Å². The van der Waals surface area contributed by atoms with E-state index in [-0.39, 0.29) is 0 Å². The van der Waals surface area contributed by atoms with E-state index >= 15 is 0 Å². The van der Waals surface area contributed by atoms with Gasteiger partial charge in [0.15, 0.2) is 11.5 Å². The maximum atomic E-state index is 12.2. The Labute approximate surface area is 171 Å². The molecule has 0 radical (unpaired) electrons. The summed E-state index contributed by atoms with van der Waals surface area (Å²) in [4.78, 5) is 26.3. The van der Waals surface area contributed by atoms with Gasteiger partial charge in [-0.2, -0.15) is 0 Å². The number of carbonyl (C=O) groups excluding carboxylic acids is 2. The van der Waals surface area contributed by atoms with Crippen LogP contribution in [0.3, 0.4) is 0 Å². The molecule has 1 aliphatic rings. The molecule has 2 N–H and O–H groups in total. The lowest BCUT2D eigenvalue weighted by Gasteiger charge is -2.18. The molecule has 0 spiro atoms. The lowest BCUT2D eigenvalue weighted by atomic mass is 10.2. The summed E-state index contributed by atoms with van der Waals surface area (Å²) in [5.41, 5.74) is 6.26. The molecule has 2 aromatic carbocycles. The van der Waals surface area contributed by atoms with E-state index in [1.807, 2.05) is 42.5 Å². The molecule has 0 atom stereocenters. The number of benzene rings is 2. The maximum absolute atomic E-state index is 12.2. The Morgan fingerprint density at radius 3 is 2.52 bits per heavy atom. The summed E-state index contributed by atoms with van der Waals surface area (Å²) in [6, 6.07) is 18.9. The molecule has 3 aromatic rings. The van der Waals surface area contributed by atoms with Gasteiger partial charge in [0.25, 0.3) is 11.8 Å². The van der Waals surface area contributed by atoms with Crippen molar-refractivity contribution in [2.75, 3.05) is 13.2 Å². The largest absolute Gasteiger partial charge is 0.486 e. The van der Waals surface area contributed by atoms with E-state index in [1.165, 1.54) is 6.08 Å². The Kier molecular flexibility index (Phi) is 5.58. The number of ether oxygens (including phenoxy) is 2. The van der Waals surface area contributed by atoms with Crippen LogP contribution in [-0.2, 0) is 4.79 Å². The highest BCUT2D eigenvalue weighted by molar-refractivity contribution is 7.16. The molecule has 4 rings (SSSR count). The summed E-state index contributed by atoms with van der Waals surface area (Å²) < 4.78 is 10.9. The van der Waals surface area contributed by atoms with E-state index in [4.69, 9.17) is 9.47 Å². The minimum absolute atomic E-state index is 0.365. The number of rotatable bonds is 4. The van der Waals surface area contributed by atoms with Crippen LogP contribution in [0.5, 0.6) is 11.5 Å². The molecular formula is C22H18N2O4S. The molecule has 29 heavy (non-hydrogen) atoms. The fourth-order valence-electron chi connectivity index (χ4n) is 2.77. The van der Waals surface area contributed by atoms with Gasteiger partial charge in [-0.15, -0.1) is 11.3 Å². The van der Waals surface area contributed by atoms with Crippen molar-refractivity contribution in [2.24, 2.45) is 0 Å². The third kappa shape index (κ3) is 4.64. The second-order valence-electron chi connectivity index (χ2n) is 6.20. The molecule has 0 unspecified atom stereocenters. The molecule has 0 fully saturated rings. The van der Waals surface area contributed by atoms with Gasteiger partial charge in [0.1, 0.15) is 13.2 Å². The zero-order chi connectivity index (χ0) is 20.1. The molecule has 1 aromatic heterocycles. The molecule has 0 bridgehead atoms. The van der Waals surface area contributed by atoms with Crippen LogP contribution in [-0.4, -0.2) is 25.0 Å². The van der Waals surface area contributed by atoms with Crippen molar-refractivity contribution in [2.45, 2.75) is 0 Å². The smallest absolute Gasteiger partial charge is 0.269 e. The van der Waals surface area contributed by atoms with Gasteiger partial charge in [0.05, 0.1) is 0 Å². The Bertz CT molecular complexity index is 1060. The topological polar surface area (TPSA) is 76.7 Å². The second kappa shape index (κ2) is 8.62. The van der Waals surface area contributed by atoms with Gasteiger partial charge in [-0.05, 0) is 42.0 Å². The number of amides is 2. The highest BCUT2D eigenvalue weighted by atomic mass is 32.1. The van der Waals surface area contributed by atoms with Crippen LogP contribution in [0.4, 0.5) is 0 Å². The van der Waals surface area contributed by atoms with Gasteiger partial charge in [-0.3, -0.25) is 20.4 Å². The van der Waals surface area contributed by atoms with Gasteiger partial charge in [-0.1, -0.05) is 30.3 Å². The number of thiophene rings is 1. The average molecular weight is 406 g/mol. The molecule has 0 aliphatic carbocycles. The predicted octanol–water partition coefficient (Wildman–Crippen LogP) is 3.66. The number of hydrogen-bond donors (Lipinski definition) is 2.